The molecule has 0 radical (unpaired) electrons. The number of nitrogens with one attached hydrogen (secondary N) is 3. The molecule has 3 aromatic carbocycles. The average Bonchev–Trinajstić information content (AvgIpc) is 3.22. The normalized spacial score (nSPS) is 11.5. The van der Waals surface area contributed by atoms with Crippen molar-refractivity contribution in [2.24, 2.45) is 4.99 Å². The van der Waals surface area contributed by atoms with Crippen molar-refractivity contribution in [3.63, 3.8) is 0 Å². The van der Waals surface area contributed by atoms with Crippen LogP contribution in [0.25, 0.3) is 10.9 Å². The van der Waals surface area contributed by atoms with Crippen molar-refractivity contribution in [2.75, 3.05) is 11.9 Å². The highest BCUT2D eigenvalue weighted by Crippen LogP contribution is 2.18. The summed E-state index contributed by atoms with van der Waals surface area (Å²) < 4.78 is 0. The van der Waals surface area contributed by atoms with Gasteiger partial charge in [0.2, 0.25) is 5.96 Å². The van der Waals surface area contributed by atoms with Crippen LogP contribution in [0.15, 0.2) is 84.0 Å². The molecule has 0 saturated heterocycles. The van der Waals surface area contributed by atoms with E-state index in [4.69, 9.17) is 4.99 Å². The molecule has 0 spiro atoms. The summed E-state index contributed by atoms with van der Waals surface area (Å²) in [5.74, 6) is 0.276. The van der Waals surface area contributed by atoms with Gasteiger partial charge in [-0.25, -0.2) is 0 Å². The number of aryl methyl sites for hydroxylation is 2. The molecule has 0 bridgehead atoms. The van der Waals surface area contributed by atoms with Crippen LogP contribution in [0.1, 0.15) is 34.0 Å². The second kappa shape index (κ2) is 9.96. The SMILES string of the molecule is CCc1ccccc1NC(=NCCc1c[nH]c2ccccc12)NC(=O)c1cccc(C)c1. The Morgan fingerprint density at radius 3 is 2.62 bits per heavy atom. The van der Waals surface area contributed by atoms with Gasteiger partial charge in [-0.1, -0.05) is 61.0 Å². The Labute approximate surface area is 188 Å². The largest absolute Gasteiger partial charge is 0.361 e. The number of aromatic amines is 1. The van der Waals surface area contributed by atoms with Gasteiger partial charge in [0.25, 0.3) is 5.91 Å². The number of guanidine groups is 1. The molecule has 32 heavy (non-hydrogen) atoms. The van der Waals surface area contributed by atoms with Crippen molar-refractivity contribution in [3.8, 4) is 0 Å². The lowest BCUT2D eigenvalue weighted by atomic mass is 10.1. The number of anilines is 1. The van der Waals surface area contributed by atoms with Gasteiger partial charge in [0.15, 0.2) is 0 Å². The molecule has 0 fully saturated rings. The van der Waals surface area contributed by atoms with Gasteiger partial charge in [0.1, 0.15) is 0 Å². The van der Waals surface area contributed by atoms with E-state index in [1.165, 1.54) is 16.5 Å². The zero-order valence-electron chi connectivity index (χ0n) is 18.5. The predicted molar refractivity (Wildman–Crippen MR) is 132 cm³/mol. The first-order valence-electron chi connectivity index (χ1n) is 11.0. The number of carbonyl (C=O) groups excluding carboxylic acids is 1. The molecule has 0 atom stereocenters. The van der Waals surface area contributed by atoms with Crippen molar-refractivity contribution in [1.29, 1.82) is 0 Å². The lowest BCUT2D eigenvalue weighted by Crippen LogP contribution is -2.36. The quantitative estimate of drug-likeness (QED) is 0.283. The summed E-state index contributed by atoms with van der Waals surface area (Å²) in [7, 11) is 0. The first kappa shape index (κ1) is 21.4. The highest BCUT2D eigenvalue weighted by molar-refractivity contribution is 6.10. The Hall–Kier alpha value is -3.86. The molecule has 0 aliphatic rings. The summed E-state index contributed by atoms with van der Waals surface area (Å²) in [5, 5.41) is 7.52. The Balaban J connectivity index is 1.55. The van der Waals surface area contributed by atoms with Gasteiger partial charge in [-0.15, -0.1) is 0 Å². The van der Waals surface area contributed by atoms with Crippen LogP contribution >= 0.6 is 0 Å². The van der Waals surface area contributed by atoms with E-state index in [0.29, 0.717) is 18.1 Å². The van der Waals surface area contributed by atoms with Crippen molar-refractivity contribution >= 4 is 28.5 Å². The van der Waals surface area contributed by atoms with Gasteiger partial charge in [0.05, 0.1) is 0 Å². The standard InChI is InChI=1S/C27H28N4O/c1-3-20-10-4-6-13-24(20)30-27(31-26(32)21-11-8-9-19(2)17-21)28-16-15-22-18-29-25-14-7-5-12-23(22)25/h4-14,17-18,29H,3,15-16H2,1-2H3,(H2,28,30,31,32). The molecule has 0 saturated carbocycles. The molecular formula is C27H28N4O. The number of fused-ring (bicyclic) bond motifs is 1. The third-order valence-corrected chi connectivity index (χ3v) is 5.49. The minimum Gasteiger partial charge on any atom is -0.361 e. The number of aliphatic imine (C=N–C) groups is 1. The third-order valence-electron chi connectivity index (χ3n) is 5.49. The summed E-state index contributed by atoms with van der Waals surface area (Å²) in [4.78, 5) is 20.9. The summed E-state index contributed by atoms with van der Waals surface area (Å²) >= 11 is 0. The molecule has 0 aliphatic carbocycles. The van der Waals surface area contributed by atoms with Crippen LogP contribution in [0.5, 0.6) is 0 Å². The van der Waals surface area contributed by atoms with Crippen molar-refractivity contribution < 1.29 is 4.79 Å². The Bertz CT molecular complexity index is 1260. The highest BCUT2D eigenvalue weighted by Gasteiger charge is 2.11. The number of amides is 1. The Morgan fingerprint density at radius 1 is 0.969 bits per heavy atom. The maximum absolute atomic E-state index is 12.9. The summed E-state index contributed by atoms with van der Waals surface area (Å²) in [6.07, 6.45) is 3.69. The minimum absolute atomic E-state index is 0.180. The number of hydrogen-bond acceptors (Lipinski definition) is 2. The van der Waals surface area contributed by atoms with Crippen LogP contribution < -0.4 is 10.6 Å². The van der Waals surface area contributed by atoms with E-state index in [0.717, 1.165) is 29.6 Å². The number of benzene rings is 3. The molecule has 1 heterocycles. The fraction of sp³-hybridized carbons (Fsp3) is 0.185. The second-order valence-electron chi connectivity index (χ2n) is 7.80. The van der Waals surface area contributed by atoms with E-state index >= 15 is 0 Å². The van der Waals surface area contributed by atoms with Crippen molar-refractivity contribution in [2.45, 2.75) is 26.7 Å². The van der Waals surface area contributed by atoms with Gasteiger partial charge in [-0.2, -0.15) is 0 Å². The molecule has 4 aromatic rings. The molecule has 4 rings (SSSR count). The summed E-state index contributed by atoms with van der Waals surface area (Å²) in [5.41, 5.74) is 6.10. The highest BCUT2D eigenvalue weighted by atomic mass is 16.1. The number of para-hydroxylation sites is 2. The number of hydrogen-bond donors (Lipinski definition) is 3. The molecule has 0 aliphatic heterocycles. The van der Waals surface area contributed by atoms with Gasteiger partial charge in [-0.05, 0) is 55.2 Å². The maximum atomic E-state index is 12.9. The zero-order valence-corrected chi connectivity index (χ0v) is 18.5. The predicted octanol–water partition coefficient (Wildman–Crippen LogP) is 5.48. The number of carbonyl (C=O) groups is 1. The maximum Gasteiger partial charge on any atom is 0.257 e. The Morgan fingerprint density at radius 2 is 1.78 bits per heavy atom. The number of nitrogens with zero attached hydrogens (tertiary/aromatic N) is 1. The van der Waals surface area contributed by atoms with Crippen LogP contribution in [0.4, 0.5) is 5.69 Å². The van der Waals surface area contributed by atoms with E-state index in [1.807, 2.05) is 67.7 Å². The molecule has 5 nitrogen and oxygen atoms in total. The van der Waals surface area contributed by atoms with E-state index in [2.05, 4.69) is 40.7 Å². The van der Waals surface area contributed by atoms with Crippen molar-refractivity contribution in [1.82, 2.24) is 10.3 Å². The molecule has 162 valence electrons. The van der Waals surface area contributed by atoms with E-state index < -0.39 is 0 Å². The fourth-order valence-electron chi connectivity index (χ4n) is 3.78. The average molecular weight is 425 g/mol. The second-order valence-corrected chi connectivity index (χ2v) is 7.80. The molecular weight excluding hydrogens is 396 g/mol. The molecule has 0 unspecified atom stereocenters. The number of aromatic nitrogens is 1. The zero-order chi connectivity index (χ0) is 22.3. The minimum atomic E-state index is -0.180. The van der Waals surface area contributed by atoms with Gasteiger partial charge >= 0.3 is 0 Å². The number of rotatable bonds is 6. The first-order valence-corrected chi connectivity index (χ1v) is 11.0. The van der Waals surface area contributed by atoms with Crippen LogP contribution in [0.3, 0.4) is 0 Å². The molecule has 1 amide bonds. The third kappa shape index (κ3) is 5.06. The first-order chi connectivity index (χ1) is 15.6. The van der Waals surface area contributed by atoms with Crippen LogP contribution in [-0.2, 0) is 12.8 Å². The molecule has 5 heteroatoms. The lowest BCUT2D eigenvalue weighted by molar-refractivity contribution is 0.0977. The van der Waals surface area contributed by atoms with Crippen molar-refractivity contribution in [3.05, 3.63) is 101 Å². The molecule has 3 N–H and O–H groups in total. The topological polar surface area (TPSA) is 69.3 Å². The van der Waals surface area contributed by atoms with Gasteiger partial charge in [-0.3, -0.25) is 15.1 Å². The Kier molecular flexibility index (Phi) is 6.66. The van der Waals surface area contributed by atoms with E-state index in [1.54, 1.807) is 0 Å². The van der Waals surface area contributed by atoms with Gasteiger partial charge < -0.3 is 10.3 Å². The fourth-order valence-corrected chi connectivity index (χ4v) is 3.78. The van der Waals surface area contributed by atoms with E-state index in [9.17, 15) is 4.79 Å². The summed E-state index contributed by atoms with van der Waals surface area (Å²) in [6, 6.07) is 23.9. The van der Waals surface area contributed by atoms with Gasteiger partial charge in [0, 0.05) is 34.9 Å². The summed E-state index contributed by atoms with van der Waals surface area (Å²) in [6.45, 7) is 4.63. The van der Waals surface area contributed by atoms with E-state index in [-0.39, 0.29) is 5.91 Å². The lowest BCUT2D eigenvalue weighted by Gasteiger charge is -2.14. The monoisotopic (exact) mass is 424 g/mol. The van der Waals surface area contributed by atoms with Crippen LogP contribution in [0, 0.1) is 6.92 Å². The number of H-pyrrole nitrogens is 1. The van der Waals surface area contributed by atoms with Crippen LogP contribution in [0.2, 0.25) is 0 Å². The van der Waals surface area contributed by atoms with Crippen LogP contribution in [-0.4, -0.2) is 23.4 Å². The smallest absolute Gasteiger partial charge is 0.257 e. The molecule has 1 aromatic heterocycles.